The van der Waals surface area contributed by atoms with Gasteiger partial charge in [-0.2, -0.15) is 0 Å². The molecule has 6 heteroatoms. The van der Waals surface area contributed by atoms with Crippen LogP contribution in [0.4, 0.5) is 0 Å². The van der Waals surface area contributed by atoms with Gasteiger partial charge in [-0.15, -0.1) is 0 Å². The van der Waals surface area contributed by atoms with E-state index in [9.17, 15) is 4.79 Å². The summed E-state index contributed by atoms with van der Waals surface area (Å²) in [5, 5.41) is 0. The molecule has 1 aromatic heterocycles. The number of aromatic nitrogens is 2. The van der Waals surface area contributed by atoms with E-state index in [0.29, 0.717) is 29.4 Å². The lowest BCUT2D eigenvalue weighted by Crippen LogP contribution is -2.15. The molecule has 0 amide bonds. The van der Waals surface area contributed by atoms with Crippen LogP contribution in [0.3, 0.4) is 0 Å². The highest BCUT2D eigenvalue weighted by Crippen LogP contribution is 2.28. The van der Waals surface area contributed by atoms with E-state index in [1.807, 2.05) is 18.2 Å². The van der Waals surface area contributed by atoms with Gasteiger partial charge in [-0.1, -0.05) is 6.07 Å². The van der Waals surface area contributed by atoms with E-state index < -0.39 is 0 Å². The number of nitrogens with two attached hydrogens (primary N) is 1. The highest BCUT2D eigenvalue weighted by Gasteiger charge is 2.07. The minimum Gasteiger partial charge on any atom is -0.493 e. The molecule has 20 heavy (non-hydrogen) atoms. The van der Waals surface area contributed by atoms with Gasteiger partial charge in [0.25, 0.3) is 5.56 Å². The number of aromatic amines is 1. The zero-order valence-electron chi connectivity index (χ0n) is 11.5. The first kappa shape index (κ1) is 14.1. The van der Waals surface area contributed by atoms with Crippen molar-refractivity contribution in [2.75, 3.05) is 14.2 Å². The maximum absolute atomic E-state index is 11.5. The third kappa shape index (κ3) is 3.16. The third-order valence-corrected chi connectivity index (χ3v) is 2.87. The van der Waals surface area contributed by atoms with Crippen molar-refractivity contribution in [3.05, 3.63) is 51.7 Å². The lowest BCUT2D eigenvalue weighted by molar-refractivity contribution is 0.354. The molecule has 0 aliphatic rings. The Kier molecular flexibility index (Phi) is 4.37. The van der Waals surface area contributed by atoms with Crippen LogP contribution < -0.4 is 20.8 Å². The second-order valence-electron chi connectivity index (χ2n) is 4.25. The van der Waals surface area contributed by atoms with Gasteiger partial charge in [0.2, 0.25) is 0 Å². The first-order chi connectivity index (χ1) is 9.66. The highest BCUT2D eigenvalue weighted by atomic mass is 16.5. The van der Waals surface area contributed by atoms with E-state index in [0.717, 1.165) is 5.56 Å². The Hall–Kier alpha value is -2.34. The summed E-state index contributed by atoms with van der Waals surface area (Å²) in [6.07, 6.45) is 0.490. The minimum atomic E-state index is -0.198. The van der Waals surface area contributed by atoms with Crippen LogP contribution in [0, 0.1) is 0 Å². The fourth-order valence-corrected chi connectivity index (χ4v) is 1.94. The Bertz CT molecular complexity index is 652. The summed E-state index contributed by atoms with van der Waals surface area (Å²) in [4.78, 5) is 18.5. The number of ether oxygens (including phenoxy) is 2. The molecular weight excluding hydrogens is 258 g/mol. The first-order valence-corrected chi connectivity index (χ1v) is 6.16. The number of rotatable bonds is 5. The van der Waals surface area contributed by atoms with Crippen LogP contribution in [0.2, 0.25) is 0 Å². The molecular formula is C14H17N3O3. The average molecular weight is 275 g/mol. The predicted octanol–water partition coefficient (Wildman–Crippen LogP) is 0.837. The molecule has 2 aromatic rings. The Balaban J connectivity index is 2.30. The molecule has 106 valence electrons. The first-order valence-electron chi connectivity index (χ1n) is 6.16. The predicted molar refractivity (Wildman–Crippen MR) is 75.1 cm³/mol. The largest absolute Gasteiger partial charge is 0.493 e. The molecule has 0 saturated carbocycles. The van der Waals surface area contributed by atoms with Gasteiger partial charge >= 0.3 is 0 Å². The SMILES string of the molecule is COc1ccc(Cc2nc(CN)cc(=O)[nH]2)cc1OC. The number of methoxy groups -OCH3 is 2. The molecule has 0 bridgehead atoms. The lowest BCUT2D eigenvalue weighted by atomic mass is 10.1. The van der Waals surface area contributed by atoms with Gasteiger partial charge in [-0.05, 0) is 17.7 Å². The second-order valence-corrected chi connectivity index (χ2v) is 4.25. The molecule has 1 aromatic carbocycles. The van der Waals surface area contributed by atoms with Crippen LogP contribution >= 0.6 is 0 Å². The Morgan fingerprint density at radius 3 is 2.60 bits per heavy atom. The minimum absolute atomic E-state index is 0.198. The van der Waals surface area contributed by atoms with Gasteiger partial charge in [0.05, 0.1) is 19.9 Å². The average Bonchev–Trinajstić information content (AvgIpc) is 2.46. The summed E-state index contributed by atoms with van der Waals surface area (Å²) < 4.78 is 10.4. The number of benzene rings is 1. The van der Waals surface area contributed by atoms with E-state index in [4.69, 9.17) is 15.2 Å². The molecule has 0 aliphatic heterocycles. The van der Waals surface area contributed by atoms with Crippen molar-refractivity contribution in [1.29, 1.82) is 0 Å². The third-order valence-electron chi connectivity index (χ3n) is 2.87. The maximum atomic E-state index is 11.5. The van der Waals surface area contributed by atoms with E-state index in [-0.39, 0.29) is 12.1 Å². The molecule has 3 N–H and O–H groups in total. The number of nitrogens with zero attached hydrogens (tertiary/aromatic N) is 1. The summed E-state index contributed by atoms with van der Waals surface area (Å²) in [6, 6.07) is 6.97. The quantitative estimate of drug-likeness (QED) is 0.843. The van der Waals surface area contributed by atoms with Crippen molar-refractivity contribution in [1.82, 2.24) is 9.97 Å². The fraction of sp³-hybridized carbons (Fsp3) is 0.286. The monoisotopic (exact) mass is 275 g/mol. The van der Waals surface area contributed by atoms with Crippen LogP contribution in [0.25, 0.3) is 0 Å². The summed E-state index contributed by atoms with van der Waals surface area (Å²) >= 11 is 0. The molecule has 0 unspecified atom stereocenters. The molecule has 1 heterocycles. The van der Waals surface area contributed by atoms with Crippen molar-refractivity contribution in [3.63, 3.8) is 0 Å². The van der Waals surface area contributed by atoms with E-state index in [1.54, 1.807) is 14.2 Å². The van der Waals surface area contributed by atoms with Crippen molar-refractivity contribution in [3.8, 4) is 11.5 Å². The fourth-order valence-electron chi connectivity index (χ4n) is 1.94. The summed E-state index contributed by atoms with van der Waals surface area (Å²) in [5.41, 5.74) is 6.85. The van der Waals surface area contributed by atoms with Crippen molar-refractivity contribution < 1.29 is 9.47 Å². The number of hydrogen-bond acceptors (Lipinski definition) is 5. The van der Waals surface area contributed by atoms with Crippen LogP contribution in [-0.2, 0) is 13.0 Å². The lowest BCUT2D eigenvalue weighted by Gasteiger charge is -2.09. The van der Waals surface area contributed by atoms with Gasteiger partial charge in [0, 0.05) is 19.0 Å². The molecule has 0 aliphatic carbocycles. The smallest absolute Gasteiger partial charge is 0.251 e. The Morgan fingerprint density at radius 1 is 1.20 bits per heavy atom. The number of nitrogens with one attached hydrogen (secondary N) is 1. The number of H-pyrrole nitrogens is 1. The van der Waals surface area contributed by atoms with Gasteiger partial charge < -0.3 is 20.2 Å². The summed E-state index contributed by atoms with van der Waals surface area (Å²) in [7, 11) is 3.16. The topological polar surface area (TPSA) is 90.2 Å². The molecule has 0 radical (unpaired) electrons. The van der Waals surface area contributed by atoms with Crippen LogP contribution in [-0.4, -0.2) is 24.2 Å². The molecule has 0 spiro atoms. The van der Waals surface area contributed by atoms with Gasteiger partial charge in [-0.25, -0.2) is 4.98 Å². The number of hydrogen-bond donors (Lipinski definition) is 2. The molecule has 0 atom stereocenters. The van der Waals surface area contributed by atoms with E-state index in [2.05, 4.69) is 9.97 Å². The zero-order chi connectivity index (χ0) is 14.5. The van der Waals surface area contributed by atoms with Gasteiger partial charge in [-0.3, -0.25) is 4.79 Å². The highest BCUT2D eigenvalue weighted by molar-refractivity contribution is 5.43. The van der Waals surface area contributed by atoms with Crippen molar-refractivity contribution in [2.24, 2.45) is 5.73 Å². The van der Waals surface area contributed by atoms with Crippen LogP contribution in [0.15, 0.2) is 29.1 Å². The Labute approximate surface area is 116 Å². The standard InChI is InChI=1S/C14H17N3O3/c1-19-11-4-3-9(5-12(11)20-2)6-13-16-10(8-15)7-14(18)17-13/h3-5,7H,6,8,15H2,1-2H3,(H,16,17,18). The second kappa shape index (κ2) is 6.21. The molecule has 0 fully saturated rings. The van der Waals surface area contributed by atoms with Crippen LogP contribution in [0.5, 0.6) is 11.5 Å². The maximum Gasteiger partial charge on any atom is 0.251 e. The van der Waals surface area contributed by atoms with E-state index >= 15 is 0 Å². The molecule has 0 saturated heterocycles. The molecule has 6 nitrogen and oxygen atoms in total. The normalized spacial score (nSPS) is 10.3. The Morgan fingerprint density at radius 2 is 1.95 bits per heavy atom. The summed E-state index contributed by atoms with van der Waals surface area (Å²) in [6.45, 7) is 0.239. The van der Waals surface area contributed by atoms with Gasteiger partial charge in [0.1, 0.15) is 5.82 Å². The molecule has 2 rings (SSSR count). The van der Waals surface area contributed by atoms with Crippen molar-refractivity contribution >= 4 is 0 Å². The van der Waals surface area contributed by atoms with Crippen LogP contribution in [0.1, 0.15) is 17.1 Å². The van der Waals surface area contributed by atoms with E-state index in [1.165, 1.54) is 6.07 Å². The zero-order valence-corrected chi connectivity index (χ0v) is 11.5. The summed E-state index contributed by atoms with van der Waals surface area (Å²) in [5.74, 6) is 1.88. The van der Waals surface area contributed by atoms with Gasteiger partial charge in [0.15, 0.2) is 11.5 Å². The van der Waals surface area contributed by atoms with Crippen molar-refractivity contribution in [2.45, 2.75) is 13.0 Å².